The average Bonchev–Trinajstić information content (AvgIpc) is 2.81. The molecule has 3 rings (SSSR count). The van der Waals surface area contributed by atoms with E-state index in [4.69, 9.17) is 0 Å². The number of nitrogens with zero attached hydrogens (tertiary/aromatic N) is 1. The van der Waals surface area contributed by atoms with E-state index in [2.05, 4.69) is 41.8 Å². The molecular weight excluding hydrogens is 234 g/mol. The fourth-order valence-corrected chi connectivity index (χ4v) is 2.98. The molecule has 2 heteroatoms. The highest BCUT2D eigenvalue weighted by molar-refractivity contribution is 5.99. The first kappa shape index (κ1) is 12.2. The van der Waals surface area contributed by atoms with Crippen LogP contribution in [-0.2, 0) is 13.0 Å². The molecule has 19 heavy (non-hydrogen) atoms. The number of carbonyl (C=O) groups is 1. The van der Waals surface area contributed by atoms with E-state index in [-0.39, 0.29) is 0 Å². The number of hydrogen-bond donors (Lipinski definition) is 0. The lowest BCUT2D eigenvalue weighted by Crippen LogP contribution is -2.13. The smallest absolute Gasteiger partial charge is 0.164 e. The van der Waals surface area contributed by atoms with Crippen molar-refractivity contribution in [3.05, 3.63) is 47.7 Å². The summed E-state index contributed by atoms with van der Waals surface area (Å²) in [5.41, 5.74) is 4.61. The lowest BCUT2D eigenvalue weighted by Gasteiger charge is -2.16. The van der Waals surface area contributed by atoms with E-state index >= 15 is 0 Å². The topological polar surface area (TPSA) is 22.0 Å². The third kappa shape index (κ3) is 2.12. The zero-order chi connectivity index (χ0) is 13.2. The molecule has 0 saturated carbocycles. The van der Waals surface area contributed by atoms with Crippen molar-refractivity contribution in [1.29, 1.82) is 0 Å². The first-order valence-electron chi connectivity index (χ1n) is 7.12. The Morgan fingerprint density at radius 2 is 1.95 bits per heavy atom. The molecule has 1 aliphatic rings. The van der Waals surface area contributed by atoms with Crippen molar-refractivity contribution in [2.75, 3.05) is 0 Å². The van der Waals surface area contributed by atoms with Gasteiger partial charge in [0.05, 0.1) is 0 Å². The lowest BCUT2D eigenvalue weighted by molar-refractivity contribution is 0.0971. The highest BCUT2D eigenvalue weighted by Crippen LogP contribution is 2.31. The second-order valence-corrected chi connectivity index (χ2v) is 5.18. The Morgan fingerprint density at radius 3 is 2.68 bits per heavy atom. The molecular formula is C17H19NO. The average molecular weight is 253 g/mol. The van der Waals surface area contributed by atoms with Crippen molar-refractivity contribution >= 4 is 5.78 Å². The van der Waals surface area contributed by atoms with Gasteiger partial charge >= 0.3 is 0 Å². The first-order valence-corrected chi connectivity index (χ1v) is 7.12. The number of fused-ring (bicyclic) bond motifs is 1. The van der Waals surface area contributed by atoms with Crippen LogP contribution >= 0.6 is 0 Å². The summed E-state index contributed by atoms with van der Waals surface area (Å²) in [7, 11) is 0. The van der Waals surface area contributed by atoms with Crippen LogP contribution in [0.2, 0.25) is 0 Å². The van der Waals surface area contributed by atoms with Gasteiger partial charge in [0.15, 0.2) is 5.78 Å². The fraction of sp³-hybridized carbons (Fsp3) is 0.353. The molecule has 0 amide bonds. The fourth-order valence-electron chi connectivity index (χ4n) is 2.98. The van der Waals surface area contributed by atoms with E-state index in [9.17, 15) is 4.79 Å². The third-order valence-corrected chi connectivity index (χ3v) is 3.84. The normalized spacial score (nSPS) is 14.5. The van der Waals surface area contributed by atoms with Crippen molar-refractivity contribution in [2.45, 2.75) is 39.2 Å². The van der Waals surface area contributed by atoms with Gasteiger partial charge in [-0.05, 0) is 30.9 Å². The second kappa shape index (κ2) is 5.04. The van der Waals surface area contributed by atoms with E-state index in [0.29, 0.717) is 12.2 Å². The van der Waals surface area contributed by atoms with Crippen molar-refractivity contribution < 1.29 is 4.79 Å². The maximum absolute atomic E-state index is 12.1. The Hall–Kier alpha value is -1.83. The zero-order valence-electron chi connectivity index (χ0n) is 11.4. The number of ketones is 1. The maximum Gasteiger partial charge on any atom is 0.164 e. The van der Waals surface area contributed by atoms with Gasteiger partial charge in [-0.2, -0.15) is 0 Å². The van der Waals surface area contributed by atoms with Crippen LogP contribution < -0.4 is 0 Å². The highest BCUT2D eigenvalue weighted by atomic mass is 16.1. The predicted molar refractivity (Wildman–Crippen MR) is 77.4 cm³/mol. The number of Topliss-reactive ketones (excluding diaryl/α,β-unsaturated/α-hetero) is 1. The summed E-state index contributed by atoms with van der Waals surface area (Å²) in [5.74, 6) is 0.313. The van der Waals surface area contributed by atoms with Crippen molar-refractivity contribution in [3.8, 4) is 11.3 Å². The van der Waals surface area contributed by atoms with E-state index in [1.807, 2.05) is 6.07 Å². The molecule has 1 aromatic heterocycles. The summed E-state index contributed by atoms with van der Waals surface area (Å²) >= 11 is 0. The quantitative estimate of drug-likeness (QED) is 0.807. The van der Waals surface area contributed by atoms with Crippen LogP contribution in [0, 0.1) is 0 Å². The van der Waals surface area contributed by atoms with E-state index in [1.165, 1.54) is 17.0 Å². The first-order chi connectivity index (χ1) is 9.31. The Balaban J connectivity index is 2.16. The molecule has 0 unspecified atom stereocenters. The van der Waals surface area contributed by atoms with Gasteiger partial charge in [-0.25, -0.2) is 0 Å². The summed E-state index contributed by atoms with van der Waals surface area (Å²) in [6.45, 7) is 3.18. The molecule has 0 fully saturated rings. The van der Waals surface area contributed by atoms with Crippen LogP contribution in [-0.4, -0.2) is 10.4 Å². The minimum atomic E-state index is 0.313. The highest BCUT2D eigenvalue weighted by Gasteiger charge is 2.23. The molecule has 2 aromatic rings. The van der Waals surface area contributed by atoms with Crippen molar-refractivity contribution in [1.82, 2.24) is 4.57 Å². The Kier molecular flexibility index (Phi) is 3.24. The minimum Gasteiger partial charge on any atom is -0.344 e. The van der Waals surface area contributed by atoms with Crippen molar-refractivity contribution in [3.63, 3.8) is 0 Å². The third-order valence-electron chi connectivity index (χ3n) is 3.84. The van der Waals surface area contributed by atoms with Gasteiger partial charge in [-0.1, -0.05) is 37.3 Å². The molecule has 0 saturated heterocycles. The van der Waals surface area contributed by atoms with Gasteiger partial charge in [0.1, 0.15) is 0 Å². The van der Waals surface area contributed by atoms with Crippen LogP contribution in [0.1, 0.15) is 42.2 Å². The molecule has 0 bridgehead atoms. The predicted octanol–water partition coefficient (Wildman–Crippen LogP) is 4.08. The maximum atomic E-state index is 12.1. The van der Waals surface area contributed by atoms with Gasteiger partial charge in [0, 0.05) is 29.9 Å². The molecule has 0 N–H and O–H groups in total. The van der Waals surface area contributed by atoms with Crippen LogP contribution in [0.3, 0.4) is 0 Å². The standard InChI is InChI=1S/C17H19NO/c1-2-11-18-15-9-6-10-17(19)14(15)12-16(18)13-7-4-3-5-8-13/h3-5,7-8,12H,2,6,9-11H2,1H3. The SMILES string of the molecule is CCCn1c(-c2ccccc2)cc2c1CCCC2=O. The van der Waals surface area contributed by atoms with Gasteiger partial charge in [0.25, 0.3) is 0 Å². The molecule has 0 spiro atoms. The van der Waals surface area contributed by atoms with Crippen LogP contribution in [0.4, 0.5) is 0 Å². The number of aromatic nitrogens is 1. The summed E-state index contributed by atoms with van der Waals surface area (Å²) in [5, 5.41) is 0. The van der Waals surface area contributed by atoms with Crippen LogP contribution in [0.15, 0.2) is 36.4 Å². The molecule has 0 radical (unpaired) electrons. The summed E-state index contributed by atoms with van der Waals surface area (Å²) in [6.07, 6.45) is 3.83. The van der Waals surface area contributed by atoms with Gasteiger partial charge in [-0.15, -0.1) is 0 Å². The summed E-state index contributed by atoms with van der Waals surface area (Å²) < 4.78 is 2.35. The number of hydrogen-bond acceptors (Lipinski definition) is 1. The van der Waals surface area contributed by atoms with Gasteiger partial charge < -0.3 is 4.57 Å². The minimum absolute atomic E-state index is 0.313. The molecule has 0 aliphatic heterocycles. The Labute approximate surface area is 114 Å². The Bertz CT molecular complexity index is 595. The monoisotopic (exact) mass is 253 g/mol. The summed E-state index contributed by atoms with van der Waals surface area (Å²) in [4.78, 5) is 12.1. The second-order valence-electron chi connectivity index (χ2n) is 5.18. The Morgan fingerprint density at radius 1 is 1.16 bits per heavy atom. The van der Waals surface area contributed by atoms with Crippen molar-refractivity contribution in [2.24, 2.45) is 0 Å². The van der Waals surface area contributed by atoms with E-state index in [0.717, 1.165) is 31.4 Å². The number of rotatable bonds is 3. The van der Waals surface area contributed by atoms with E-state index < -0.39 is 0 Å². The number of carbonyl (C=O) groups excluding carboxylic acids is 1. The van der Waals surface area contributed by atoms with Gasteiger partial charge in [-0.3, -0.25) is 4.79 Å². The van der Waals surface area contributed by atoms with E-state index in [1.54, 1.807) is 0 Å². The number of benzene rings is 1. The zero-order valence-corrected chi connectivity index (χ0v) is 11.4. The largest absolute Gasteiger partial charge is 0.344 e. The molecule has 1 heterocycles. The van der Waals surface area contributed by atoms with Gasteiger partial charge in [0.2, 0.25) is 0 Å². The van der Waals surface area contributed by atoms with Crippen LogP contribution in [0.5, 0.6) is 0 Å². The lowest BCUT2D eigenvalue weighted by atomic mass is 9.96. The molecule has 1 aromatic carbocycles. The summed E-state index contributed by atoms with van der Waals surface area (Å²) in [6, 6.07) is 12.5. The van der Waals surface area contributed by atoms with Crippen LogP contribution in [0.25, 0.3) is 11.3 Å². The molecule has 2 nitrogen and oxygen atoms in total. The molecule has 1 aliphatic carbocycles. The molecule has 98 valence electrons. The molecule has 0 atom stereocenters.